The molecule has 23 rings (SSSR count). The largest absolute Gasteiger partial charge is 0.489 e. The lowest BCUT2D eigenvalue weighted by Crippen LogP contribution is -2.26. The lowest BCUT2D eigenvalue weighted by atomic mass is 10.00. The van der Waals surface area contributed by atoms with Crippen molar-refractivity contribution in [3.8, 4) is 79.7 Å². The van der Waals surface area contributed by atoms with Gasteiger partial charge in [0, 0.05) is 150 Å². The molecule has 36 heteroatoms. The number of benzene rings is 8. The first-order chi connectivity index (χ1) is 66.4. The monoisotopic (exact) mass is 2290 g/mol. The van der Waals surface area contributed by atoms with Crippen molar-refractivity contribution in [1.29, 1.82) is 10.5 Å². The first-order valence-electron chi connectivity index (χ1n) is 42.9. The fourth-order valence-corrected chi connectivity index (χ4v) is 24.3. The van der Waals surface area contributed by atoms with E-state index in [4.69, 9.17) is 18.9 Å². The highest BCUT2D eigenvalue weighted by molar-refractivity contribution is 14.1. The molecule has 0 bridgehead atoms. The lowest BCUT2D eigenvalue weighted by Gasteiger charge is -2.24. The molecule has 137 heavy (non-hydrogen) atoms. The molecule has 0 unspecified atom stereocenters. The maximum absolute atomic E-state index is 14.2. The number of nitrogens with one attached hydrogen (secondary N) is 5. The molecule has 5 aliphatic heterocycles. The molecule has 18 aromatic rings. The van der Waals surface area contributed by atoms with E-state index < -0.39 is 30.1 Å². The Morgan fingerprint density at radius 1 is 0.372 bits per heavy atom. The maximum atomic E-state index is 14.2. The first kappa shape index (κ1) is 92.9. The summed E-state index contributed by atoms with van der Waals surface area (Å²) in [5.74, 6) is 0.712. The zero-order valence-corrected chi connectivity index (χ0v) is 83.3. The van der Waals surface area contributed by atoms with Crippen molar-refractivity contribution in [3.05, 3.63) is 339 Å². The van der Waals surface area contributed by atoms with Gasteiger partial charge in [0.2, 0.25) is 0 Å². The second kappa shape index (κ2) is 39.5. The summed E-state index contributed by atoms with van der Waals surface area (Å²) >= 11 is 14.6. The Kier molecular flexibility index (Phi) is 26.8. The standard InChI is InChI=1S/C33H26N4O5S.C27H22N4O3.C21H14BrN3O3S.C13H8BrIN2O2S.C7H4BrIN2/c34-19-24-16-21(8-9-31(24)42-25-11-14-41-15-12-25)27-10-13-35-32-29(27)18-30(22-6-7-23-20-36-33(38)28(23)17-22)37(32)43(39,40)26-4-2-1-3-5-26;28-14-19-11-16(3-4-25(19)34-20-6-9-33-10-7-20)21-5-8-29-26-23(21)13-24(31-26)17-1-2-18-15-30-27(32)22(18)12-17;22-18-8-9-23-20-17(18)11-19(13-6-7-14-12-24-21(26)16(14)10-13)25(20)29(27,28)15-4-2-1-3-5-15;14-11-6-7-16-13-10(11)8-12(15)17(13)20(18,19)9-4-2-1-3-5-9;8-5-1-2-10-7-4(5)3-6(9)11-7/h1-10,13,16-18,25H,11-12,14-15,20H2,(H,36,38);1-5,8,11-13,20H,6-7,9-10,15H2,(H,29,31)(H,30,32);1-11H,12H2,(H,24,26);1-8H;1-3H,(H,10,11). The normalized spacial score (nSPS) is 14.1. The molecular formula is C101H74Br3I2N15O13S3. The van der Waals surface area contributed by atoms with Gasteiger partial charge >= 0.3 is 0 Å². The number of aromatic amines is 2. The summed E-state index contributed by atoms with van der Waals surface area (Å²) in [5.41, 5.74) is 15.3. The molecule has 2 fully saturated rings. The van der Waals surface area contributed by atoms with E-state index in [2.05, 4.69) is 139 Å². The number of carbonyl (C=O) groups excluding carboxylic acids is 3. The van der Waals surface area contributed by atoms with E-state index in [1.54, 1.807) is 183 Å². The van der Waals surface area contributed by atoms with Crippen LogP contribution in [0.5, 0.6) is 11.5 Å². The number of halogens is 5. The van der Waals surface area contributed by atoms with E-state index in [1.165, 1.54) is 11.9 Å². The topological polar surface area (TPSA) is 385 Å². The maximum Gasteiger partial charge on any atom is 0.270 e. The molecule has 0 atom stereocenters. The smallest absolute Gasteiger partial charge is 0.270 e. The average Bonchev–Trinajstić information content (AvgIpc) is 1.58. The van der Waals surface area contributed by atoms with Crippen LogP contribution in [-0.4, -0.2) is 128 Å². The Bertz CT molecular complexity index is 8330. The lowest BCUT2D eigenvalue weighted by molar-refractivity contribution is 0.0252. The fourth-order valence-electron chi connectivity index (χ4n) is 16.8. The van der Waals surface area contributed by atoms with Crippen LogP contribution in [0.15, 0.2) is 302 Å². The van der Waals surface area contributed by atoms with Crippen LogP contribution in [0.3, 0.4) is 0 Å². The SMILES string of the molecule is Brc1ccnc2[nH]c(I)cc12.N#Cc1cc(-c2ccnc3[nH]c(-c4ccc5c(c4)C(=O)NC5)cc23)ccc1OC1CCOCC1.N#Cc1cc(-c2ccnc3c2cc(-c2ccc4c(c2)C(=O)NC4)n3S(=O)(=O)c2ccccc2)ccc1OC1CCOCC1.O=C1NCc2ccc(-c3cc4c(Br)ccnc4n3S(=O)(=O)c3ccccc3)cc21.O=S(=O)(c1ccccc1)n1c(I)cc2c(Br)ccnc21. The number of hydrogen-bond donors (Lipinski definition) is 5. The fraction of sp³-hybridized carbons (Fsp3) is 0.129. The highest BCUT2D eigenvalue weighted by atomic mass is 127. The Morgan fingerprint density at radius 3 is 1.20 bits per heavy atom. The highest BCUT2D eigenvalue weighted by Gasteiger charge is 2.33. The first-order valence-corrected chi connectivity index (χ1v) is 51.7. The number of pyridine rings is 5. The number of nitrogens with zero attached hydrogens (tertiary/aromatic N) is 10. The number of fused-ring (bicyclic) bond motifs is 8. The van der Waals surface area contributed by atoms with Gasteiger partial charge < -0.3 is 44.9 Å². The molecule has 0 spiro atoms. The van der Waals surface area contributed by atoms with Crippen LogP contribution in [0.1, 0.15) is 84.6 Å². The number of ether oxygens (including phenoxy) is 4. The summed E-state index contributed by atoms with van der Waals surface area (Å²) in [7, 11) is -11.6. The van der Waals surface area contributed by atoms with Gasteiger partial charge in [0.25, 0.3) is 47.8 Å². The van der Waals surface area contributed by atoms with E-state index in [0.29, 0.717) is 139 Å². The third-order valence-corrected chi connectivity index (χ3v) is 32.6. The van der Waals surface area contributed by atoms with Crippen LogP contribution in [-0.2, 0) is 59.2 Å². The second-order valence-electron chi connectivity index (χ2n) is 32.1. The van der Waals surface area contributed by atoms with Crippen LogP contribution in [0.2, 0.25) is 0 Å². The van der Waals surface area contributed by atoms with Crippen molar-refractivity contribution in [3.63, 3.8) is 0 Å². The van der Waals surface area contributed by atoms with Gasteiger partial charge in [-0.15, -0.1) is 0 Å². The van der Waals surface area contributed by atoms with Crippen molar-refractivity contribution < 1.29 is 58.6 Å². The quantitative estimate of drug-likeness (QED) is 0.0595. The summed E-state index contributed by atoms with van der Waals surface area (Å²) in [5, 5.41) is 32.3. The van der Waals surface area contributed by atoms with Gasteiger partial charge in [-0.2, -0.15) is 10.5 Å². The molecule has 5 aliphatic rings. The molecule has 0 saturated carbocycles. The van der Waals surface area contributed by atoms with Crippen LogP contribution in [0.4, 0.5) is 0 Å². The van der Waals surface area contributed by atoms with Crippen molar-refractivity contribution in [1.82, 2.24) is 62.8 Å². The third kappa shape index (κ3) is 18.8. The molecular weight excluding hydrogens is 2220 g/mol. The number of hydrogen-bond acceptors (Lipinski definition) is 20. The predicted molar refractivity (Wildman–Crippen MR) is 546 cm³/mol. The number of amides is 3. The Hall–Kier alpha value is -13.1. The van der Waals surface area contributed by atoms with Crippen molar-refractivity contribution in [2.24, 2.45) is 0 Å². The van der Waals surface area contributed by atoms with Gasteiger partial charge in [-0.05, 0) is 277 Å². The van der Waals surface area contributed by atoms with E-state index >= 15 is 0 Å². The van der Waals surface area contributed by atoms with Crippen LogP contribution < -0.4 is 25.4 Å². The summed E-state index contributed by atoms with van der Waals surface area (Å²) in [6.07, 6.45) is 11.5. The van der Waals surface area contributed by atoms with Crippen molar-refractivity contribution in [2.45, 2.75) is 72.2 Å². The molecule has 10 aromatic heterocycles. The van der Waals surface area contributed by atoms with Crippen LogP contribution in [0, 0.1) is 30.1 Å². The molecule has 8 aromatic carbocycles. The van der Waals surface area contributed by atoms with Gasteiger partial charge in [-0.1, -0.05) is 103 Å². The third-order valence-electron chi connectivity index (χ3n) is 23.7. The highest BCUT2D eigenvalue weighted by Crippen LogP contribution is 2.43. The van der Waals surface area contributed by atoms with E-state index in [1.807, 2.05) is 108 Å². The van der Waals surface area contributed by atoms with Crippen LogP contribution in [0.25, 0.3) is 111 Å². The number of carbonyl (C=O) groups is 3. The van der Waals surface area contributed by atoms with Gasteiger partial charge in [0.1, 0.15) is 47.1 Å². The number of H-pyrrole nitrogens is 2. The minimum absolute atomic E-state index is 0.0199. The molecule has 684 valence electrons. The van der Waals surface area contributed by atoms with Gasteiger partial charge in [-0.25, -0.2) is 62.1 Å². The zero-order chi connectivity index (χ0) is 95.0. The molecule has 28 nitrogen and oxygen atoms in total. The Morgan fingerprint density at radius 2 is 0.745 bits per heavy atom. The van der Waals surface area contributed by atoms with Crippen molar-refractivity contribution in [2.75, 3.05) is 26.4 Å². The van der Waals surface area contributed by atoms with E-state index in [0.717, 1.165) is 115 Å². The number of aromatic nitrogens is 10. The van der Waals surface area contributed by atoms with Crippen molar-refractivity contribution >= 4 is 196 Å². The van der Waals surface area contributed by atoms with E-state index in [-0.39, 0.29) is 50.3 Å². The molecule has 0 radical (unpaired) electrons. The summed E-state index contributed by atoms with van der Waals surface area (Å²) in [6, 6.07) is 75.9. The minimum Gasteiger partial charge on any atom is -0.489 e. The molecule has 15 heterocycles. The van der Waals surface area contributed by atoms with Gasteiger partial charge in [0.15, 0.2) is 16.9 Å². The molecule has 2 saturated heterocycles. The van der Waals surface area contributed by atoms with Gasteiger partial charge in [-0.3, -0.25) is 14.4 Å². The number of rotatable bonds is 15. The minimum atomic E-state index is -4.09. The summed E-state index contributed by atoms with van der Waals surface area (Å²) in [4.78, 5) is 65.5. The second-order valence-corrected chi connectivity index (χ2v) is 42.3. The van der Waals surface area contributed by atoms with E-state index in [9.17, 15) is 50.2 Å². The predicted octanol–water partition coefficient (Wildman–Crippen LogP) is 20.4. The summed E-state index contributed by atoms with van der Waals surface area (Å²) in [6.45, 7) is 4.10. The Balaban J connectivity index is 0.000000115. The molecule has 5 N–H and O–H groups in total. The van der Waals surface area contributed by atoms with Crippen LogP contribution >= 0.6 is 93.0 Å². The van der Waals surface area contributed by atoms with Gasteiger partial charge in [0.05, 0.1) is 71.0 Å². The number of nitriles is 2. The Labute approximate surface area is 837 Å². The molecule has 0 aliphatic carbocycles. The average molecular weight is 2300 g/mol. The zero-order valence-electron chi connectivity index (χ0n) is 71.8. The molecule has 3 amide bonds. The summed E-state index contributed by atoms with van der Waals surface area (Å²) < 4.78 is 112.